The fourth-order valence-electron chi connectivity index (χ4n) is 1.93. The van der Waals surface area contributed by atoms with Crippen LogP contribution in [0.15, 0.2) is 18.2 Å². The Morgan fingerprint density at radius 3 is 2.43 bits per heavy atom. The lowest BCUT2D eigenvalue weighted by Gasteiger charge is -2.25. The minimum Gasteiger partial charge on any atom is -0.397 e. The number of nitrogen functional groups attached to an aromatic ring is 1. The fraction of sp³-hybridized carbons (Fsp3) is 0.500. The number of benzene rings is 1. The molecular formula is C14H20F3N3O. The molecule has 0 saturated heterocycles. The van der Waals surface area contributed by atoms with Gasteiger partial charge in [0.05, 0.1) is 23.5 Å². The molecule has 1 amide bonds. The van der Waals surface area contributed by atoms with Crippen molar-refractivity contribution in [1.82, 2.24) is 5.32 Å². The second-order valence-electron chi connectivity index (χ2n) is 5.01. The van der Waals surface area contributed by atoms with Gasteiger partial charge in [0.15, 0.2) is 0 Å². The molecule has 0 atom stereocenters. The van der Waals surface area contributed by atoms with Gasteiger partial charge in [-0.25, -0.2) is 0 Å². The molecule has 118 valence electrons. The third kappa shape index (κ3) is 4.84. The van der Waals surface area contributed by atoms with E-state index in [0.717, 1.165) is 12.1 Å². The molecule has 3 N–H and O–H groups in total. The van der Waals surface area contributed by atoms with Crippen molar-refractivity contribution in [1.29, 1.82) is 0 Å². The average Bonchev–Trinajstić information content (AvgIpc) is 2.34. The smallest absolute Gasteiger partial charge is 0.397 e. The minimum absolute atomic E-state index is 0.00107. The Kier molecular flexibility index (Phi) is 5.46. The van der Waals surface area contributed by atoms with Crippen LogP contribution in [0.1, 0.15) is 26.3 Å². The van der Waals surface area contributed by atoms with Crippen LogP contribution in [0.2, 0.25) is 0 Å². The first-order valence-corrected chi connectivity index (χ1v) is 6.66. The maximum absolute atomic E-state index is 12.6. The van der Waals surface area contributed by atoms with Gasteiger partial charge >= 0.3 is 6.18 Å². The molecule has 0 aliphatic heterocycles. The second-order valence-corrected chi connectivity index (χ2v) is 5.01. The molecule has 0 heterocycles. The van der Waals surface area contributed by atoms with Crippen molar-refractivity contribution in [2.75, 3.05) is 23.7 Å². The van der Waals surface area contributed by atoms with Gasteiger partial charge in [0, 0.05) is 12.6 Å². The molecule has 1 aromatic carbocycles. The lowest BCUT2D eigenvalue weighted by molar-refractivity contribution is -0.137. The first kappa shape index (κ1) is 17.1. The van der Waals surface area contributed by atoms with Crippen LogP contribution in [0.5, 0.6) is 0 Å². The Hall–Kier alpha value is -1.92. The van der Waals surface area contributed by atoms with Crippen molar-refractivity contribution in [2.45, 2.75) is 33.0 Å². The number of halogens is 3. The summed E-state index contributed by atoms with van der Waals surface area (Å²) in [5.74, 6) is -0.203. The average molecular weight is 303 g/mol. The first-order valence-electron chi connectivity index (χ1n) is 6.66. The van der Waals surface area contributed by atoms with E-state index in [1.165, 1.54) is 6.07 Å². The van der Waals surface area contributed by atoms with Crippen molar-refractivity contribution in [2.24, 2.45) is 0 Å². The molecule has 21 heavy (non-hydrogen) atoms. The minimum atomic E-state index is -4.43. The highest BCUT2D eigenvalue weighted by Gasteiger charge is 2.31. The molecule has 0 unspecified atom stereocenters. The van der Waals surface area contributed by atoms with Gasteiger partial charge in [0.25, 0.3) is 0 Å². The Bertz CT molecular complexity index is 501. The third-order valence-corrected chi connectivity index (χ3v) is 2.86. The van der Waals surface area contributed by atoms with Gasteiger partial charge in [0.1, 0.15) is 0 Å². The summed E-state index contributed by atoms with van der Waals surface area (Å²) in [4.78, 5) is 13.4. The summed E-state index contributed by atoms with van der Waals surface area (Å²) >= 11 is 0. The maximum Gasteiger partial charge on any atom is 0.416 e. The number of nitrogens with zero attached hydrogens (tertiary/aromatic N) is 1. The highest BCUT2D eigenvalue weighted by atomic mass is 19.4. The summed E-state index contributed by atoms with van der Waals surface area (Å²) in [7, 11) is 0. The Labute approximate surface area is 122 Å². The highest BCUT2D eigenvalue weighted by Crippen LogP contribution is 2.33. The van der Waals surface area contributed by atoms with E-state index in [-0.39, 0.29) is 24.2 Å². The number of carbonyl (C=O) groups excluding carboxylic acids is 1. The van der Waals surface area contributed by atoms with Crippen LogP contribution in [0.4, 0.5) is 24.5 Å². The number of nitrogens with one attached hydrogen (secondary N) is 1. The molecule has 0 bridgehead atoms. The van der Waals surface area contributed by atoms with Gasteiger partial charge in [-0.15, -0.1) is 0 Å². The van der Waals surface area contributed by atoms with Gasteiger partial charge in [-0.3, -0.25) is 4.79 Å². The molecular weight excluding hydrogens is 283 g/mol. The number of rotatable bonds is 5. The zero-order valence-electron chi connectivity index (χ0n) is 12.3. The van der Waals surface area contributed by atoms with Crippen LogP contribution in [0, 0.1) is 0 Å². The summed E-state index contributed by atoms with van der Waals surface area (Å²) in [6, 6.07) is 3.15. The van der Waals surface area contributed by atoms with Crippen LogP contribution < -0.4 is 16.0 Å². The predicted octanol–water partition coefficient (Wildman–Crippen LogP) is 2.64. The Morgan fingerprint density at radius 1 is 1.38 bits per heavy atom. The number of hydrogen-bond donors (Lipinski definition) is 2. The number of likely N-dealkylation sites (N-methyl/N-ethyl adjacent to an activating group) is 1. The second kappa shape index (κ2) is 6.69. The monoisotopic (exact) mass is 303 g/mol. The maximum atomic E-state index is 12.6. The van der Waals surface area contributed by atoms with Gasteiger partial charge in [-0.1, -0.05) is 0 Å². The van der Waals surface area contributed by atoms with Crippen molar-refractivity contribution >= 4 is 17.3 Å². The van der Waals surface area contributed by atoms with Crippen LogP contribution >= 0.6 is 0 Å². The molecule has 7 heteroatoms. The molecule has 0 fully saturated rings. The van der Waals surface area contributed by atoms with Gasteiger partial charge in [-0.05, 0) is 39.0 Å². The van der Waals surface area contributed by atoms with Crippen LogP contribution in [0.25, 0.3) is 0 Å². The van der Waals surface area contributed by atoms with Gasteiger partial charge in [0.2, 0.25) is 5.91 Å². The fourth-order valence-corrected chi connectivity index (χ4v) is 1.93. The van der Waals surface area contributed by atoms with Crippen molar-refractivity contribution in [3.63, 3.8) is 0 Å². The van der Waals surface area contributed by atoms with E-state index in [9.17, 15) is 18.0 Å². The number of alkyl halides is 3. The number of anilines is 2. The molecule has 1 aromatic rings. The molecule has 0 saturated carbocycles. The van der Waals surface area contributed by atoms with E-state index in [0.29, 0.717) is 12.2 Å². The summed E-state index contributed by atoms with van der Waals surface area (Å²) in [6.07, 6.45) is -4.43. The highest BCUT2D eigenvalue weighted by molar-refractivity contribution is 5.83. The molecule has 0 radical (unpaired) electrons. The number of amides is 1. The molecule has 0 aliphatic carbocycles. The summed E-state index contributed by atoms with van der Waals surface area (Å²) in [6.45, 7) is 5.98. The number of nitrogens with two attached hydrogens (primary N) is 1. The third-order valence-electron chi connectivity index (χ3n) is 2.86. The van der Waals surface area contributed by atoms with Crippen molar-refractivity contribution in [3.8, 4) is 0 Å². The van der Waals surface area contributed by atoms with E-state index in [1.807, 2.05) is 13.8 Å². The molecule has 0 spiro atoms. The van der Waals surface area contributed by atoms with Gasteiger partial charge in [-0.2, -0.15) is 13.2 Å². The molecule has 0 aromatic heterocycles. The van der Waals surface area contributed by atoms with E-state index in [1.54, 1.807) is 11.8 Å². The lowest BCUT2D eigenvalue weighted by Crippen LogP contribution is -2.40. The topological polar surface area (TPSA) is 58.4 Å². The SMILES string of the molecule is CCN(CC(=O)NC(C)C)c1ccc(C(F)(F)F)cc1N. The van der Waals surface area contributed by atoms with Crippen molar-refractivity contribution in [3.05, 3.63) is 23.8 Å². The summed E-state index contributed by atoms with van der Waals surface area (Å²) < 4.78 is 37.8. The van der Waals surface area contributed by atoms with Gasteiger partial charge < -0.3 is 16.0 Å². The normalized spacial score (nSPS) is 11.6. The predicted molar refractivity (Wildman–Crippen MR) is 77.0 cm³/mol. The lowest BCUT2D eigenvalue weighted by atomic mass is 10.1. The Morgan fingerprint density at radius 2 is 2.00 bits per heavy atom. The number of hydrogen-bond acceptors (Lipinski definition) is 3. The standard InChI is InChI=1S/C14H20F3N3O/c1-4-20(8-13(21)19-9(2)3)12-6-5-10(7-11(12)18)14(15,16)17/h5-7,9H,4,8,18H2,1-3H3,(H,19,21). The molecule has 4 nitrogen and oxygen atoms in total. The van der Waals surface area contributed by atoms with Crippen LogP contribution in [0.3, 0.4) is 0 Å². The van der Waals surface area contributed by atoms with Crippen molar-refractivity contribution < 1.29 is 18.0 Å². The van der Waals surface area contributed by atoms with E-state index in [4.69, 9.17) is 5.73 Å². The van der Waals surface area contributed by atoms with Crippen LogP contribution in [-0.2, 0) is 11.0 Å². The largest absolute Gasteiger partial charge is 0.416 e. The zero-order chi connectivity index (χ0) is 16.2. The molecule has 0 aliphatic rings. The van der Waals surface area contributed by atoms with E-state index >= 15 is 0 Å². The van der Waals surface area contributed by atoms with E-state index < -0.39 is 11.7 Å². The van der Waals surface area contributed by atoms with Crippen LogP contribution in [-0.4, -0.2) is 25.0 Å². The van der Waals surface area contributed by atoms with E-state index in [2.05, 4.69) is 5.32 Å². The first-order chi connectivity index (χ1) is 9.65. The number of carbonyl (C=O) groups is 1. The summed E-state index contributed by atoms with van der Waals surface area (Å²) in [5, 5.41) is 2.73. The molecule has 1 rings (SSSR count). The Balaban J connectivity index is 2.94. The quantitative estimate of drug-likeness (QED) is 0.822. The zero-order valence-corrected chi connectivity index (χ0v) is 12.3. The summed E-state index contributed by atoms with van der Waals surface area (Å²) in [5.41, 5.74) is 5.32.